The van der Waals surface area contributed by atoms with Gasteiger partial charge in [-0.3, -0.25) is 0 Å². The highest BCUT2D eigenvalue weighted by Gasteiger charge is 2.28. The van der Waals surface area contributed by atoms with Gasteiger partial charge in [-0.2, -0.15) is 0 Å². The van der Waals surface area contributed by atoms with Crippen molar-refractivity contribution in [1.29, 1.82) is 0 Å². The predicted molar refractivity (Wildman–Crippen MR) is 87.1 cm³/mol. The molecule has 0 aromatic carbocycles. The molecule has 0 unspecified atom stereocenters. The number of nitrogens with one attached hydrogen (secondary N) is 2. The van der Waals surface area contributed by atoms with Crippen LogP contribution < -0.4 is 10.6 Å². The summed E-state index contributed by atoms with van der Waals surface area (Å²) < 4.78 is 5.50. The molecule has 5 heteroatoms. The maximum atomic E-state index is 5.50. The molecule has 1 aliphatic rings. The minimum Gasteiger partial charge on any atom is -0.381 e. The molecule has 0 atom stereocenters. The molecule has 0 saturated heterocycles. The van der Waals surface area contributed by atoms with Gasteiger partial charge in [-0.25, -0.2) is 9.97 Å². The van der Waals surface area contributed by atoms with Crippen LogP contribution in [-0.2, 0) is 4.74 Å². The molecule has 1 aromatic heterocycles. The summed E-state index contributed by atoms with van der Waals surface area (Å²) in [5, 5.41) is 6.78. The van der Waals surface area contributed by atoms with Crippen LogP contribution in [-0.4, -0.2) is 36.3 Å². The summed E-state index contributed by atoms with van der Waals surface area (Å²) in [7, 11) is 0. The van der Waals surface area contributed by atoms with Crippen molar-refractivity contribution >= 4 is 11.6 Å². The summed E-state index contributed by atoms with van der Waals surface area (Å²) in [5.41, 5.74) is 1.11. The van der Waals surface area contributed by atoms with Crippen LogP contribution in [0.15, 0.2) is 0 Å². The van der Waals surface area contributed by atoms with Crippen LogP contribution in [0.25, 0.3) is 0 Å². The standard InChI is InChI=1S/C16H28N4O/c1-4-10-21-11-6-9-18-15-12(3)14(17-5-2)19-16(20-15)13-7-8-13/h13H,4-11H2,1-3H3,(H2,17,18,19,20). The summed E-state index contributed by atoms with van der Waals surface area (Å²) in [6.45, 7) is 9.72. The van der Waals surface area contributed by atoms with E-state index in [1.165, 1.54) is 12.8 Å². The van der Waals surface area contributed by atoms with Crippen molar-refractivity contribution in [1.82, 2.24) is 9.97 Å². The Morgan fingerprint density at radius 1 is 1.10 bits per heavy atom. The molecule has 0 aliphatic heterocycles. The fraction of sp³-hybridized carbons (Fsp3) is 0.750. The molecule has 5 nitrogen and oxygen atoms in total. The van der Waals surface area contributed by atoms with Gasteiger partial charge >= 0.3 is 0 Å². The third-order valence-electron chi connectivity index (χ3n) is 3.56. The molecule has 1 saturated carbocycles. The Kier molecular flexibility index (Phi) is 6.23. The molecule has 1 heterocycles. The van der Waals surface area contributed by atoms with Gasteiger partial charge in [-0.15, -0.1) is 0 Å². The van der Waals surface area contributed by atoms with Gasteiger partial charge in [-0.1, -0.05) is 6.92 Å². The topological polar surface area (TPSA) is 59.1 Å². The molecule has 1 fully saturated rings. The number of rotatable bonds is 10. The SMILES string of the molecule is CCCOCCCNc1nc(C2CC2)nc(NCC)c1C. The Bertz CT molecular complexity index is 446. The zero-order valence-corrected chi connectivity index (χ0v) is 13.5. The van der Waals surface area contributed by atoms with Gasteiger partial charge in [0.05, 0.1) is 0 Å². The van der Waals surface area contributed by atoms with Crippen LogP contribution in [0.1, 0.15) is 56.8 Å². The van der Waals surface area contributed by atoms with Crippen molar-refractivity contribution in [3.05, 3.63) is 11.4 Å². The number of anilines is 2. The Hall–Kier alpha value is -1.36. The second-order valence-electron chi connectivity index (χ2n) is 5.60. The minimum absolute atomic E-state index is 0.566. The molecule has 118 valence electrons. The van der Waals surface area contributed by atoms with Crippen LogP contribution in [0.3, 0.4) is 0 Å². The molecule has 0 bridgehead atoms. The first-order valence-corrected chi connectivity index (χ1v) is 8.20. The number of nitrogens with zero attached hydrogens (tertiary/aromatic N) is 2. The maximum absolute atomic E-state index is 5.50. The van der Waals surface area contributed by atoms with Gasteiger partial charge < -0.3 is 15.4 Å². The molecule has 0 spiro atoms. The summed E-state index contributed by atoms with van der Waals surface area (Å²) in [5.74, 6) is 3.50. The Balaban J connectivity index is 1.93. The average molecular weight is 292 g/mol. The average Bonchev–Trinajstić information content (AvgIpc) is 3.31. The van der Waals surface area contributed by atoms with E-state index in [1.807, 2.05) is 0 Å². The summed E-state index contributed by atoms with van der Waals surface area (Å²) in [4.78, 5) is 9.37. The third kappa shape index (κ3) is 4.84. The van der Waals surface area contributed by atoms with Gasteiger partial charge in [0.2, 0.25) is 0 Å². The first kappa shape index (κ1) is 16.0. The highest BCUT2D eigenvalue weighted by Crippen LogP contribution is 2.39. The van der Waals surface area contributed by atoms with Gasteiger partial charge in [-0.05, 0) is 39.5 Å². The van der Waals surface area contributed by atoms with E-state index in [4.69, 9.17) is 9.72 Å². The zero-order valence-electron chi connectivity index (χ0n) is 13.5. The molecule has 0 radical (unpaired) electrons. The zero-order chi connectivity index (χ0) is 15.1. The Labute approximate surface area is 127 Å². The van der Waals surface area contributed by atoms with Gasteiger partial charge in [0.1, 0.15) is 17.5 Å². The lowest BCUT2D eigenvalue weighted by atomic mass is 10.2. The fourth-order valence-corrected chi connectivity index (χ4v) is 2.20. The Morgan fingerprint density at radius 2 is 1.81 bits per heavy atom. The summed E-state index contributed by atoms with van der Waals surface area (Å²) in [6, 6.07) is 0. The van der Waals surface area contributed by atoms with E-state index in [0.29, 0.717) is 5.92 Å². The molecular weight excluding hydrogens is 264 g/mol. The Morgan fingerprint density at radius 3 is 2.43 bits per heavy atom. The van der Waals surface area contributed by atoms with Crippen molar-refractivity contribution in [2.75, 3.05) is 36.9 Å². The smallest absolute Gasteiger partial charge is 0.136 e. The lowest BCUT2D eigenvalue weighted by Gasteiger charge is -2.14. The molecule has 1 aliphatic carbocycles. The lowest BCUT2D eigenvalue weighted by Crippen LogP contribution is -2.13. The monoisotopic (exact) mass is 292 g/mol. The molecular formula is C16H28N4O. The number of ether oxygens (including phenoxy) is 1. The van der Waals surface area contributed by atoms with Gasteiger partial charge in [0.25, 0.3) is 0 Å². The van der Waals surface area contributed by atoms with Crippen molar-refractivity contribution in [3.63, 3.8) is 0 Å². The van der Waals surface area contributed by atoms with Crippen LogP contribution in [0.2, 0.25) is 0 Å². The number of aromatic nitrogens is 2. The van der Waals surface area contributed by atoms with Gasteiger partial charge in [0.15, 0.2) is 0 Å². The first-order valence-electron chi connectivity index (χ1n) is 8.20. The minimum atomic E-state index is 0.566. The van der Waals surface area contributed by atoms with Crippen molar-refractivity contribution in [3.8, 4) is 0 Å². The van der Waals surface area contributed by atoms with Gasteiger partial charge in [0, 0.05) is 37.8 Å². The maximum Gasteiger partial charge on any atom is 0.136 e. The van der Waals surface area contributed by atoms with E-state index < -0.39 is 0 Å². The highest BCUT2D eigenvalue weighted by atomic mass is 16.5. The third-order valence-corrected chi connectivity index (χ3v) is 3.56. The fourth-order valence-electron chi connectivity index (χ4n) is 2.20. The largest absolute Gasteiger partial charge is 0.381 e. The highest BCUT2D eigenvalue weighted by molar-refractivity contribution is 5.57. The van der Waals surface area contributed by atoms with Crippen LogP contribution >= 0.6 is 0 Å². The second-order valence-corrected chi connectivity index (χ2v) is 5.60. The van der Waals surface area contributed by atoms with E-state index >= 15 is 0 Å². The van der Waals surface area contributed by atoms with E-state index in [0.717, 1.165) is 62.2 Å². The van der Waals surface area contributed by atoms with E-state index in [1.54, 1.807) is 0 Å². The van der Waals surface area contributed by atoms with Crippen molar-refractivity contribution in [2.45, 2.75) is 52.4 Å². The summed E-state index contributed by atoms with van der Waals surface area (Å²) >= 11 is 0. The molecule has 1 aromatic rings. The first-order chi connectivity index (χ1) is 10.3. The van der Waals surface area contributed by atoms with Crippen molar-refractivity contribution in [2.24, 2.45) is 0 Å². The van der Waals surface area contributed by atoms with E-state index in [9.17, 15) is 0 Å². The summed E-state index contributed by atoms with van der Waals surface area (Å²) in [6.07, 6.45) is 4.52. The quantitative estimate of drug-likeness (QED) is 0.648. The molecule has 0 amide bonds. The van der Waals surface area contributed by atoms with Crippen LogP contribution in [0.4, 0.5) is 11.6 Å². The lowest BCUT2D eigenvalue weighted by molar-refractivity contribution is 0.134. The van der Waals surface area contributed by atoms with Crippen LogP contribution in [0.5, 0.6) is 0 Å². The molecule has 2 N–H and O–H groups in total. The van der Waals surface area contributed by atoms with Crippen molar-refractivity contribution < 1.29 is 4.74 Å². The van der Waals surface area contributed by atoms with E-state index in [2.05, 4.69) is 36.4 Å². The normalized spacial score (nSPS) is 14.2. The number of hydrogen-bond donors (Lipinski definition) is 2. The van der Waals surface area contributed by atoms with E-state index in [-0.39, 0.29) is 0 Å². The van der Waals surface area contributed by atoms with Crippen LogP contribution in [0, 0.1) is 6.92 Å². The number of hydrogen-bond acceptors (Lipinski definition) is 5. The molecule has 2 rings (SSSR count). The predicted octanol–water partition coefficient (Wildman–Crippen LogP) is 3.32. The second kappa shape index (κ2) is 8.17. The molecule has 21 heavy (non-hydrogen) atoms.